The molecule has 1 aliphatic carbocycles. The van der Waals surface area contributed by atoms with Gasteiger partial charge in [-0.15, -0.1) is 0 Å². The highest BCUT2D eigenvalue weighted by Gasteiger charge is 2.44. The minimum atomic E-state index is -0.245. The Morgan fingerprint density at radius 1 is 0.952 bits per heavy atom. The van der Waals surface area contributed by atoms with Crippen molar-refractivity contribution in [2.45, 2.75) is 83.0 Å². The number of nitrogens with zero attached hydrogens (tertiary/aromatic N) is 5. The monoisotopic (exact) mass is 588 g/mol. The molecule has 1 N–H and O–H groups in total. The van der Waals surface area contributed by atoms with Gasteiger partial charge in [0, 0.05) is 50.3 Å². The van der Waals surface area contributed by atoms with Crippen LogP contribution in [0.4, 0.5) is 0 Å². The van der Waals surface area contributed by atoms with E-state index >= 15 is 0 Å². The molecule has 7 nitrogen and oxygen atoms in total. The van der Waals surface area contributed by atoms with Crippen molar-refractivity contribution in [2.75, 3.05) is 26.2 Å². The predicted octanol–water partition coefficient (Wildman–Crippen LogP) is 5.60. The summed E-state index contributed by atoms with van der Waals surface area (Å²) in [6.45, 7) is 5.50. The number of hydrogen-bond acceptors (Lipinski definition) is 5. The molecule has 6 rings (SSSR count). The number of aromatic nitrogens is 3. The first-order valence-corrected chi connectivity index (χ1v) is 16.3. The Bertz CT molecular complexity index is 1250. The number of piperidine rings is 1. The lowest BCUT2D eigenvalue weighted by Crippen LogP contribution is -2.55. The van der Waals surface area contributed by atoms with Gasteiger partial charge in [0.05, 0.1) is 6.04 Å². The number of carbonyl (C=O) groups is 1. The van der Waals surface area contributed by atoms with E-state index in [2.05, 4.69) is 67.7 Å². The highest BCUT2D eigenvalue weighted by atomic mass is 35.5. The second-order valence-electron chi connectivity index (χ2n) is 12.9. The molecule has 2 aromatic carbocycles. The van der Waals surface area contributed by atoms with Crippen LogP contribution in [0.1, 0.15) is 62.5 Å². The van der Waals surface area contributed by atoms with E-state index in [-0.39, 0.29) is 17.4 Å². The summed E-state index contributed by atoms with van der Waals surface area (Å²) < 4.78 is 2.03. The van der Waals surface area contributed by atoms with Gasteiger partial charge in [-0.3, -0.25) is 14.4 Å². The number of nitrogens with one attached hydrogen (secondary N) is 1. The first-order valence-electron chi connectivity index (χ1n) is 15.9. The van der Waals surface area contributed by atoms with Gasteiger partial charge in [-0.2, -0.15) is 5.10 Å². The average Bonchev–Trinajstić information content (AvgIpc) is 3.71. The molecule has 0 radical (unpaired) electrons. The Labute approximate surface area is 255 Å². The molecule has 1 aromatic heterocycles. The van der Waals surface area contributed by atoms with Crippen molar-refractivity contribution in [2.24, 2.45) is 11.3 Å². The lowest BCUT2D eigenvalue weighted by Gasteiger charge is -2.48. The van der Waals surface area contributed by atoms with E-state index in [1.54, 1.807) is 6.33 Å². The summed E-state index contributed by atoms with van der Waals surface area (Å²) in [6.07, 6.45) is 13.9. The molecular weight excluding hydrogens is 544 g/mol. The summed E-state index contributed by atoms with van der Waals surface area (Å²) in [5, 5.41) is 9.03. The molecular formula is C34H45ClN6O. The Hall–Kier alpha value is -2.74. The first kappa shape index (κ1) is 29.3. The minimum Gasteiger partial charge on any atom is -0.341 e. The maximum atomic E-state index is 14.2. The smallest absolute Gasteiger partial charge is 0.240 e. The van der Waals surface area contributed by atoms with Crippen LogP contribution in [0.5, 0.6) is 0 Å². The van der Waals surface area contributed by atoms with Gasteiger partial charge in [0.1, 0.15) is 12.7 Å². The Balaban J connectivity index is 1.13. The zero-order valence-electron chi connectivity index (χ0n) is 24.7. The summed E-state index contributed by atoms with van der Waals surface area (Å²) in [7, 11) is 0. The van der Waals surface area contributed by atoms with E-state index < -0.39 is 0 Å². The van der Waals surface area contributed by atoms with Crippen LogP contribution in [0.3, 0.4) is 0 Å². The van der Waals surface area contributed by atoms with E-state index in [1.807, 2.05) is 23.1 Å². The molecule has 8 heteroatoms. The van der Waals surface area contributed by atoms with E-state index in [0.29, 0.717) is 18.4 Å². The van der Waals surface area contributed by atoms with E-state index in [0.717, 1.165) is 69.1 Å². The molecule has 3 fully saturated rings. The largest absolute Gasteiger partial charge is 0.341 e. The third kappa shape index (κ3) is 7.24. The number of carbonyl (C=O) groups excluding carboxylic acids is 1. The quantitative estimate of drug-likeness (QED) is 0.334. The third-order valence-corrected chi connectivity index (χ3v) is 10.3. The number of likely N-dealkylation sites (tertiary alicyclic amines) is 2. The molecule has 3 aromatic rings. The number of halogens is 1. The standard InChI is InChI=1S/C34H45ClN6O/c35-30-13-11-27(12-14-30)21-32(38-31-15-18-39(23-31)22-28-7-3-1-4-8-28)33(42)40-19-16-34(17-20-40,24-41-26-36-25-37-41)29-9-5-2-6-10-29/h1,3-4,7-8,11-14,25-26,29,31-32,38H,2,5-6,9-10,15-24H2/t31?,32-/m1/s1. The molecule has 224 valence electrons. The van der Waals surface area contributed by atoms with Crippen LogP contribution >= 0.6 is 11.6 Å². The number of rotatable bonds is 10. The van der Waals surface area contributed by atoms with Crippen LogP contribution in [0.25, 0.3) is 0 Å². The van der Waals surface area contributed by atoms with Crippen molar-refractivity contribution >= 4 is 17.5 Å². The van der Waals surface area contributed by atoms with Gasteiger partial charge in [-0.1, -0.05) is 73.3 Å². The minimum absolute atomic E-state index is 0.188. The molecule has 2 saturated heterocycles. The van der Waals surface area contributed by atoms with Crippen molar-refractivity contribution in [3.05, 3.63) is 83.4 Å². The van der Waals surface area contributed by atoms with Gasteiger partial charge in [0.2, 0.25) is 5.91 Å². The topological polar surface area (TPSA) is 66.3 Å². The average molecular weight is 589 g/mol. The fourth-order valence-corrected chi connectivity index (χ4v) is 7.88. The van der Waals surface area contributed by atoms with Gasteiger partial charge < -0.3 is 10.2 Å². The normalized spacial score (nSPS) is 22.3. The SMILES string of the molecule is O=C([C@@H](Cc1ccc(Cl)cc1)NC1CCN(Cc2ccccc2)C1)N1CCC(Cn2cncn2)(C2CCCCC2)CC1. The van der Waals surface area contributed by atoms with Crippen molar-refractivity contribution in [1.29, 1.82) is 0 Å². The van der Waals surface area contributed by atoms with Crippen molar-refractivity contribution in [1.82, 2.24) is 29.9 Å². The van der Waals surface area contributed by atoms with Crippen LogP contribution in [0, 0.1) is 11.3 Å². The van der Waals surface area contributed by atoms with E-state index in [9.17, 15) is 4.79 Å². The van der Waals surface area contributed by atoms with Crippen molar-refractivity contribution < 1.29 is 4.79 Å². The van der Waals surface area contributed by atoms with Crippen LogP contribution in [-0.2, 0) is 24.3 Å². The van der Waals surface area contributed by atoms with Gasteiger partial charge in [-0.05, 0) is 73.1 Å². The summed E-state index contributed by atoms with van der Waals surface area (Å²) in [5.74, 6) is 0.939. The van der Waals surface area contributed by atoms with Crippen LogP contribution in [0.15, 0.2) is 67.3 Å². The summed E-state index contributed by atoms with van der Waals surface area (Å²) in [5.41, 5.74) is 2.67. The number of hydrogen-bond donors (Lipinski definition) is 1. The van der Waals surface area contributed by atoms with Crippen LogP contribution in [0.2, 0.25) is 5.02 Å². The van der Waals surface area contributed by atoms with Gasteiger partial charge in [0.25, 0.3) is 0 Å². The first-order chi connectivity index (χ1) is 20.6. The van der Waals surface area contributed by atoms with Gasteiger partial charge in [0.15, 0.2) is 0 Å². The molecule has 1 amide bonds. The molecule has 2 aliphatic heterocycles. The molecule has 0 spiro atoms. The zero-order chi connectivity index (χ0) is 28.8. The molecule has 3 heterocycles. The molecule has 3 aliphatic rings. The summed E-state index contributed by atoms with van der Waals surface area (Å²) >= 11 is 6.19. The third-order valence-electron chi connectivity index (χ3n) is 10.1. The molecule has 0 bridgehead atoms. The number of amides is 1. The van der Waals surface area contributed by atoms with Gasteiger partial charge >= 0.3 is 0 Å². The summed E-state index contributed by atoms with van der Waals surface area (Å²) in [6, 6.07) is 18.7. The molecule has 2 atom stereocenters. The Morgan fingerprint density at radius 2 is 1.71 bits per heavy atom. The summed E-state index contributed by atoms with van der Waals surface area (Å²) in [4.78, 5) is 23.1. The fourth-order valence-electron chi connectivity index (χ4n) is 7.75. The number of benzene rings is 2. The van der Waals surface area contributed by atoms with Crippen LogP contribution in [-0.4, -0.2) is 68.7 Å². The maximum absolute atomic E-state index is 14.2. The van der Waals surface area contributed by atoms with E-state index in [1.165, 1.54) is 37.7 Å². The lowest BCUT2D eigenvalue weighted by molar-refractivity contribution is -0.137. The van der Waals surface area contributed by atoms with Crippen molar-refractivity contribution in [3.8, 4) is 0 Å². The molecule has 42 heavy (non-hydrogen) atoms. The predicted molar refractivity (Wildman–Crippen MR) is 167 cm³/mol. The molecule has 1 unspecified atom stereocenters. The maximum Gasteiger partial charge on any atom is 0.240 e. The highest BCUT2D eigenvalue weighted by Crippen LogP contribution is 2.47. The second kappa shape index (κ2) is 13.7. The highest BCUT2D eigenvalue weighted by molar-refractivity contribution is 6.30. The van der Waals surface area contributed by atoms with Crippen molar-refractivity contribution in [3.63, 3.8) is 0 Å². The second-order valence-corrected chi connectivity index (χ2v) is 13.3. The fraction of sp³-hybridized carbons (Fsp3) is 0.559. The van der Waals surface area contributed by atoms with Gasteiger partial charge in [-0.25, -0.2) is 4.98 Å². The van der Waals surface area contributed by atoms with Crippen LogP contribution < -0.4 is 5.32 Å². The Kier molecular flexibility index (Phi) is 9.57. The Morgan fingerprint density at radius 3 is 2.43 bits per heavy atom. The lowest BCUT2D eigenvalue weighted by atomic mass is 9.63. The molecule has 1 saturated carbocycles. The van der Waals surface area contributed by atoms with E-state index in [4.69, 9.17) is 11.6 Å². The zero-order valence-corrected chi connectivity index (χ0v) is 25.5.